The van der Waals surface area contributed by atoms with Crippen LogP contribution in [-0.2, 0) is 21.4 Å². The maximum absolute atomic E-state index is 12.5. The highest BCUT2D eigenvalue weighted by Crippen LogP contribution is 2.28. The topological polar surface area (TPSA) is 119 Å². The van der Waals surface area contributed by atoms with Crippen LogP contribution in [0.1, 0.15) is 0 Å². The van der Waals surface area contributed by atoms with Gasteiger partial charge in [0.25, 0.3) is 0 Å². The number of hydrogen-bond acceptors (Lipinski definition) is 7. The van der Waals surface area contributed by atoms with Gasteiger partial charge in [0.15, 0.2) is 0 Å². The highest BCUT2D eigenvalue weighted by atomic mass is 35.5. The largest absolute Gasteiger partial charge is 0.495 e. The Morgan fingerprint density at radius 3 is 2.67 bits per heavy atom. The average Bonchev–Trinajstić information content (AvgIpc) is 3.16. The molecular formula is C18H19ClN6O4S. The van der Waals surface area contributed by atoms with Crippen LogP contribution in [0.4, 0.5) is 5.69 Å². The van der Waals surface area contributed by atoms with E-state index >= 15 is 0 Å². The molecule has 158 valence electrons. The maximum Gasteiger partial charge on any atom is 0.248 e. The van der Waals surface area contributed by atoms with E-state index in [4.69, 9.17) is 16.3 Å². The SMILES string of the molecule is COc1ccc(S(=O)(=O)N(C)C)cc1NC(=O)Cn1nnc(-c2cccc(Cl)c2)n1. The summed E-state index contributed by atoms with van der Waals surface area (Å²) in [6, 6.07) is 11.1. The van der Waals surface area contributed by atoms with Gasteiger partial charge in [-0.2, -0.15) is 4.80 Å². The number of carbonyl (C=O) groups excluding carboxylic acids is 1. The fraction of sp³-hybridized carbons (Fsp3) is 0.222. The lowest BCUT2D eigenvalue weighted by Gasteiger charge is -2.15. The third-order valence-corrected chi connectivity index (χ3v) is 6.09. The molecule has 3 rings (SSSR count). The Bertz CT molecular complexity index is 1180. The number of benzene rings is 2. The van der Waals surface area contributed by atoms with E-state index in [1.165, 1.54) is 39.4 Å². The zero-order valence-corrected chi connectivity index (χ0v) is 18.0. The van der Waals surface area contributed by atoms with Gasteiger partial charge >= 0.3 is 0 Å². The zero-order chi connectivity index (χ0) is 21.9. The summed E-state index contributed by atoms with van der Waals surface area (Å²) in [5, 5.41) is 15.1. The molecule has 0 aliphatic heterocycles. The van der Waals surface area contributed by atoms with Crippen molar-refractivity contribution in [2.24, 2.45) is 0 Å². The molecule has 0 spiro atoms. The van der Waals surface area contributed by atoms with Crippen molar-refractivity contribution in [3.05, 3.63) is 47.5 Å². The minimum Gasteiger partial charge on any atom is -0.495 e. The van der Waals surface area contributed by atoms with Crippen molar-refractivity contribution >= 4 is 33.2 Å². The maximum atomic E-state index is 12.5. The Morgan fingerprint density at radius 2 is 2.00 bits per heavy atom. The number of hydrogen-bond donors (Lipinski definition) is 1. The van der Waals surface area contributed by atoms with Crippen molar-refractivity contribution in [2.45, 2.75) is 11.4 Å². The number of aromatic nitrogens is 4. The van der Waals surface area contributed by atoms with E-state index in [0.29, 0.717) is 22.2 Å². The van der Waals surface area contributed by atoms with E-state index in [1.54, 1.807) is 24.3 Å². The van der Waals surface area contributed by atoms with Crippen LogP contribution in [0.3, 0.4) is 0 Å². The molecule has 0 atom stereocenters. The van der Waals surface area contributed by atoms with Gasteiger partial charge in [-0.1, -0.05) is 23.7 Å². The molecule has 1 amide bonds. The summed E-state index contributed by atoms with van der Waals surface area (Å²) >= 11 is 5.96. The second-order valence-electron chi connectivity index (χ2n) is 6.35. The molecule has 1 aromatic heterocycles. The summed E-state index contributed by atoms with van der Waals surface area (Å²) in [6.07, 6.45) is 0. The van der Waals surface area contributed by atoms with Crippen molar-refractivity contribution in [3.63, 3.8) is 0 Å². The third kappa shape index (κ3) is 4.75. The molecule has 0 bridgehead atoms. The number of carbonyl (C=O) groups is 1. The summed E-state index contributed by atoms with van der Waals surface area (Å²) < 4.78 is 31.0. The Hall–Kier alpha value is -3.02. The van der Waals surface area contributed by atoms with E-state index in [9.17, 15) is 13.2 Å². The molecule has 0 saturated carbocycles. The normalized spacial score (nSPS) is 11.5. The van der Waals surface area contributed by atoms with Gasteiger partial charge in [0.2, 0.25) is 21.8 Å². The molecule has 1 N–H and O–H groups in total. The van der Waals surface area contributed by atoms with Crippen LogP contribution in [0, 0.1) is 0 Å². The fourth-order valence-electron chi connectivity index (χ4n) is 2.53. The second-order valence-corrected chi connectivity index (χ2v) is 8.94. The lowest BCUT2D eigenvalue weighted by Crippen LogP contribution is -2.23. The summed E-state index contributed by atoms with van der Waals surface area (Å²) in [4.78, 5) is 13.6. The monoisotopic (exact) mass is 450 g/mol. The molecule has 0 radical (unpaired) electrons. The quantitative estimate of drug-likeness (QED) is 0.583. The van der Waals surface area contributed by atoms with Crippen molar-refractivity contribution in [1.82, 2.24) is 24.5 Å². The summed E-state index contributed by atoms with van der Waals surface area (Å²) in [5.41, 5.74) is 0.873. The highest BCUT2D eigenvalue weighted by Gasteiger charge is 2.20. The van der Waals surface area contributed by atoms with Crippen molar-refractivity contribution < 1.29 is 17.9 Å². The first-order valence-corrected chi connectivity index (χ1v) is 10.5. The summed E-state index contributed by atoms with van der Waals surface area (Å²) in [7, 11) is 0.589. The van der Waals surface area contributed by atoms with Crippen LogP contribution < -0.4 is 10.1 Å². The van der Waals surface area contributed by atoms with Crippen LogP contribution in [0.2, 0.25) is 5.02 Å². The number of nitrogens with zero attached hydrogens (tertiary/aromatic N) is 5. The van der Waals surface area contributed by atoms with Crippen molar-refractivity contribution in [3.8, 4) is 17.1 Å². The molecule has 0 fully saturated rings. The summed E-state index contributed by atoms with van der Waals surface area (Å²) in [6.45, 7) is -0.235. The van der Waals surface area contributed by atoms with Gasteiger partial charge < -0.3 is 10.1 Å². The standard InChI is InChI=1S/C18H19ClN6O4S/c1-24(2)30(27,28)14-7-8-16(29-3)15(10-14)20-17(26)11-25-22-18(21-23-25)12-5-4-6-13(19)9-12/h4-10H,11H2,1-3H3,(H,20,26). The Morgan fingerprint density at radius 1 is 1.23 bits per heavy atom. The number of tetrazole rings is 1. The molecule has 10 nitrogen and oxygen atoms in total. The average molecular weight is 451 g/mol. The number of anilines is 1. The Kier molecular flexibility index (Phi) is 6.34. The Labute approximate surface area is 178 Å². The van der Waals surface area contributed by atoms with Gasteiger partial charge in [-0.25, -0.2) is 12.7 Å². The number of rotatable bonds is 7. The van der Waals surface area contributed by atoms with Gasteiger partial charge in [-0.3, -0.25) is 4.79 Å². The molecule has 30 heavy (non-hydrogen) atoms. The smallest absolute Gasteiger partial charge is 0.248 e. The van der Waals surface area contributed by atoms with E-state index in [2.05, 4.69) is 20.7 Å². The molecule has 0 saturated heterocycles. The molecule has 0 unspecified atom stereocenters. The first kappa shape index (κ1) is 21.7. The van der Waals surface area contributed by atoms with Crippen LogP contribution in [0.15, 0.2) is 47.4 Å². The molecule has 1 heterocycles. The van der Waals surface area contributed by atoms with Gasteiger partial charge in [-0.05, 0) is 35.5 Å². The predicted octanol–water partition coefficient (Wildman–Crippen LogP) is 1.89. The molecule has 0 aliphatic rings. The lowest BCUT2D eigenvalue weighted by atomic mass is 10.2. The van der Waals surface area contributed by atoms with Crippen molar-refractivity contribution in [1.29, 1.82) is 0 Å². The molecule has 12 heteroatoms. The first-order chi connectivity index (χ1) is 14.2. The number of methoxy groups -OCH3 is 1. The number of ether oxygens (including phenoxy) is 1. The molecule has 3 aromatic rings. The zero-order valence-electron chi connectivity index (χ0n) is 16.4. The third-order valence-electron chi connectivity index (χ3n) is 4.04. The van der Waals surface area contributed by atoms with Crippen LogP contribution >= 0.6 is 11.6 Å². The number of halogens is 1. The minimum atomic E-state index is -3.67. The minimum absolute atomic E-state index is 0.0192. The van der Waals surface area contributed by atoms with Gasteiger partial charge in [0.05, 0.1) is 17.7 Å². The summed E-state index contributed by atoms with van der Waals surface area (Å²) in [5.74, 6) is 0.150. The van der Waals surface area contributed by atoms with Gasteiger partial charge in [-0.15, -0.1) is 10.2 Å². The van der Waals surface area contributed by atoms with Crippen LogP contribution in [-0.4, -0.2) is 60.0 Å². The lowest BCUT2D eigenvalue weighted by molar-refractivity contribution is -0.117. The second kappa shape index (κ2) is 8.78. The van der Waals surface area contributed by atoms with E-state index < -0.39 is 15.9 Å². The number of amides is 1. The predicted molar refractivity (Wildman–Crippen MR) is 111 cm³/mol. The van der Waals surface area contributed by atoms with E-state index in [1.807, 2.05) is 0 Å². The van der Waals surface area contributed by atoms with Gasteiger partial charge in [0.1, 0.15) is 12.3 Å². The van der Waals surface area contributed by atoms with Crippen LogP contribution in [0.5, 0.6) is 5.75 Å². The van der Waals surface area contributed by atoms with Crippen LogP contribution in [0.25, 0.3) is 11.4 Å². The van der Waals surface area contributed by atoms with E-state index in [0.717, 1.165) is 9.10 Å². The fourth-order valence-corrected chi connectivity index (χ4v) is 3.65. The van der Waals surface area contributed by atoms with Gasteiger partial charge in [0, 0.05) is 24.7 Å². The Balaban J connectivity index is 1.78. The molecular weight excluding hydrogens is 432 g/mol. The number of nitrogens with one attached hydrogen (secondary N) is 1. The van der Waals surface area contributed by atoms with E-state index in [-0.39, 0.29) is 17.1 Å². The van der Waals surface area contributed by atoms with Crippen molar-refractivity contribution in [2.75, 3.05) is 26.5 Å². The molecule has 0 aliphatic carbocycles. The number of sulfonamides is 1. The molecule has 2 aromatic carbocycles. The first-order valence-electron chi connectivity index (χ1n) is 8.65. The highest BCUT2D eigenvalue weighted by molar-refractivity contribution is 7.89.